The molecule has 34 heavy (non-hydrogen) atoms. The number of rotatable bonds is 8. The number of piperidine rings is 1. The predicted molar refractivity (Wildman–Crippen MR) is 125 cm³/mol. The number of ether oxygens (including phenoxy) is 1. The van der Waals surface area contributed by atoms with Gasteiger partial charge in [-0.25, -0.2) is 18.2 Å². The molecule has 2 aliphatic heterocycles. The van der Waals surface area contributed by atoms with Crippen molar-refractivity contribution in [1.82, 2.24) is 14.8 Å². The SMILES string of the molecule is CCC(F)(F)CN1CCC(COc2ccc(-c3ccc(C(=O)N4CCCC4)c(F)c3)cn2)CC1. The Morgan fingerprint density at radius 1 is 1.09 bits per heavy atom. The van der Waals surface area contributed by atoms with Crippen LogP contribution in [0.4, 0.5) is 13.2 Å². The van der Waals surface area contributed by atoms with Gasteiger partial charge in [0.15, 0.2) is 0 Å². The molecule has 3 heterocycles. The molecule has 0 N–H and O–H groups in total. The van der Waals surface area contributed by atoms with Crippen LogP contribution in [0.3, 0.4) is 0 Å². The van der Waals surface area contributed by atoms with Gasteiger partial charge in [-0.15, -0.1) is 0 Å². The minimum absolute atomic E-state index is 0.100. The molecule has 0 saturated carbocycles. The van der Waals surface area contributed by atoms with E-state index in [-0.39, 0.29) is 24.4 Å². The standard InChI is InChI=1S/C26H32F3N3O2/c1-2-26(28,29)18-31-13-9-19(10-14-31)17-34-24-8-6-21(16-30-24)20-5-7-22(23(27)15-20)25(33)32-11-3-4-12-32/h5-8,15-16,19H,2-4,9-14,17-18H2,1H3. The third-order valence-electron chi connectivity index (χ3n) is 6.81. The molecular formula is C26H32F3N3O2. The van der Waals surface area contributed by atoms with Gasteiger partial charge in [0, 0.05) is 37.3 Å². The lowest BCUT2D eigenvalue weighted by Crippen LogP contribution is -2.42. The molecule has 0 spiro atoms. The maximum Gasteiger partial charge on any atom is 0.260 e. The number of alkyl halides is 2. The molecule has 0 atom stereocenters. The third-order valence-corrected chi connectivity index (χ3v) is 6.81. The van der Waals surface area contributed by atoms with Crippen molar-refractivity contribution in [2.45, 2.75) is 45.0 Å². The van der Waals surface area contributed by atoms with E-state index in [9.17, 15) is 18.0 Å². The van der Waals surface area contributed by atoms with Gasteiger partial charge in [-0.05, 0) is 68.5 Å². The first-order chi connectivity index (χ1) is 16.3. The molecule has 1 aromatic carbocycles. The number of aromatic nitrogens is 1. The third kappa shape index (κ3) is 6.09. The summed E-state index contributed by atoms with van der Waals surface area (Å²) in [5.41, 5.74) is 1.48. The summed E-state index contributed by atoms with van der Waals surface area (Å²) < 4.78 is 47.6. The maximum absolute atomic E-state index is 14.6. The summed E-state index contributed by atoms with van der Waals surface area (Å²) in [6, 6.07) is 8.21. The zero-order chi connectivity index (χ0) is 24.1. The molecule has 8 heteroatoms. The zero-order valence-corrected chi connectivity index (χ0v) is 19.6. The molecule has 2 fully saturated rings. The number of amides is 1. The van der Waals surface area contributed by atoms with Gasteiger partial charge in [0.1, 0.15) is 5.82 Å². The Balaban J connectivity index is 1.28. The van der Waals surface area contributed by atoms with Crippen molar-refractivity contribution in [2.24, 2.45) is 5.92 Å². The number of carbonyl (C=O) groups excluding carboxylic acids is 1. The summed E-state index contributed by atoms with van der Waals surface area (Å²) in [4.78, 5) is 20.3. The molecule has 1 amide bonds. The fourth-order valence-corrected chi connectivity index (χ4v) is 4.55. The van der Waals surface area contributed by atoms with Gasteiger partial charge in [-0.2, -0.15) is 0 Å². The lowest BCUT2D eigenvalue weighted by molar-refractivity contribution is -0.0428. The van der Waals surface area contributed by atoms with Crippen molar-refractivity contribution in [3.8, 4) is 17.0 Å². The molecule has 184 valence electrons. The van der Waals surface area contributed by atoms with E-state index in [0.717, 1.165) is 31.2 Å². The summed E-state index contributed by atoms with van der Waals surface area (Å²) in [5, 5.41) is 0. The van der Waals surface area contributed by atoms with Crippen molar-refractivity contribution in [1.29, 1.82) is 0 Å². The Kier molecular flexibility index (Phi) is 7.76. The lowest BCUT2D eigenvalue weighted by atomic mass is 9.97. The molecule has 1 aromatic heterocycles. The second-order valence-electron chi connectivity index (χ2n) is 9.32. The Labute approximate surface area is 198 Å². The number of hydrogen-bond donors (Lipinski definition) is 0. The number of halogens is 3. The zero-order valence-electron chi connectivity index (χ0n) is 19.6. The minimum atomic E-state index is -2.62. The highest BCUT2D eigenvalue weighted by atomic mass is 19.3. The Morgan fingerprint density at radius 3 is 2.41 bits per heavy atom. The van der Waals surface area contributed by atoms with E-state index >= 15 is 0 Å². The van der Waals surface area contributed by atoms with Crippen molar-refractivity contribution < 1.29 is 22.7 Å². The largest absolute Gasteiger partial charge is 0.477 e. The van der Waals surface area contributed by atoms with Crippen molar-refractivity contribution in [3.05, 3.63) is 47.9 Å². The smallest absolute Gasteiger partial charge is 0.260 e. The van der Waals surface area contributed by atoms with Gasteiger partial charge >= 0.3 is 0 Å². The summed E-state index contributed by atoms with van der Waals surface area (Å²) in [5.74, 6) is -2.62. The van der Waals surface area contributed by atoms with Crippen molar-refractivity contribution in [2.75, 3.05) is 39.3 Å². The van der Waals surface area contributed by atoms with Gasteiger partial charge < -0.3 is 9.64 Å². The summed E-state index contributed by atoms with van der Waals surface area (Å²) in [7, 11) is 0. The first-order valence-corrected chi connectivity index (χ1v) is 12.1. The Bertz CT molecular complexity index is 970. The van der Waals surface area contributed by atoms with Crippen LogP contribution in [0.2, 0.25) is 0 Å². The number of pyridine rings is 1. The topological polar surface area (TPSA) is 45.7 Å². The second-order valence-corrected chi connectivity index (χ2v) is 9.32. The van der Waals surface area contributed by atoms with Crippen LogP contribution in [0.1, 0.15) is 49.4 Å². The van der Waals surface area contributed by atoms with Crippen molar-refractivity contribution >= 4 is 5.91 Å². The van der Waals surface area contributed by atoms with Crippen LogP contribution < -0.4 is 4.74 Å². The van der Waals surface area contributed by atoms with E-state index in [1.54, 1.807) is 29.3 Å². The van der Waals surface area contributed by atoms with Gasteiger partial charge in [0.05, 0.1) is 18.7 Å². The van der Waals surface area contributed by atoms with Crippen LogP contribution in [-0.2, 0) is 0 Å². The van der Waals surface area contributed by atoms with Gasteiger partial charge in [0.2, 0.25) is 5.88 Å². The number of benzene rings is 1. The van der Waals surface area contributed by atoms with Crippen LogP contribution in [-0.4, -0.2) is 65.9 Å². The Morgan fingerprint density at radius 2 is 1.79 bits per heavy atom. The average molecular weight is 476 g/mol. The molecule has 5 nitrogen and oxygen atoms in total. The summed E-state index contributed by atoms with van der Waals surface area (Å²) in [6.07, 6.45) is 5.05. The summed E-state index contributed by atoms with van der Waals surface area (Å²) in [6.45, 7) is 4.50. The number of hydrogen-bond acceptors (Lipinski definition) is 4. The minimum Gasteiger partial charge on any atom is -0.477 e. The van der Waals surface area contributed by atoms with Gasteiger partial charge in [-0.1, -0.05) is 13.0 Å². The molecule has 0 unspecified atom stereocenters. The Hall–Kier alpha value is -2.61. The molecule has 2 aliphatic rings. The van der Waals surface area contributed by atoms with E-state index in [2.05, 4.69) is 4.98 Å². The van der Waals surface area contributed by atoms with Gasteiger partial charge in [0.25, 0.3) is 11.8 Å². The van der Waals surface area contributed by atoms with E-state index in [0.29, 0.717) is 50.1 Å². The van der Waals surface area contributed by atoms with Gasteiger partial charge in [-0.3, -0.25) is 9.69 Å². The van der Waals surface area contributed by atoms with Crippen molar-refractivity contribution in [3.63, 3.8) is 0 Å². The molecule has 4 rings (SSSR count). The van der Waals surface area contributed by atoms with E-state index in [4.69, 9.17) is 4.74 Å². The molecule has 0 aliphatic carbocycles. The first kappa shape index (κ1) is 24.5. The van der Waals surface area contributed by atoms with Crippen LogP contribution in [0.15, 0.2) is 36.5 Å². The molecular weight excluding hydrogens is 443 g/mol. The number of likely N-dealkylation sites (tertiary alicyclic amines) is 2. The van der Waals surface area contributed by atoms with E-state index < -0.39 is 11.7 Å². The highest BCUT2D eigenvalue weighted by Gasteiger charge is 2.31. The maximum atomic E-state index is 14.6. The lowest BCUT2D eigenvalue weighted by Gasteiger charge is -2.33. The molecule has 2 aromatic rings. The van der Waals surface area contributed by atoms with Crippen LogP contribution in [0.5, 0.6) is 5.88 Å². The monoisotopic (exact) mass is 475 g/mol. The van der Waals surface area contributed by atoms with Crippen LogP contribution in [0, 0.1) is 11.7 Å². The van der Waals surface area contributed by atoms with E-state index in [1.807, 2.05) is 11.0 Å². The van der Waals surface area contributed by atoms with E-state index in [1.165, 1.54) is 13.0 Å². The highest BCUT2D eigenvalue weighted by Crippen LogP contribution is 2.26. The highest BCUT2D eigenvalue weighted by molar-refractivity contribution is 5.95. The summed E-state index contributed by atoms with van der Waals surface area (Å²) >= 11 is 0. The van der Waals surface area contributed by atoms with Crippen LogP contribution in [0.25, 0.3) is 11.1 Å². The number of nitrogens with zero attached hydrogens (tertiary/aromatic N) is 3. The fraction of sp³-hybridized carbons (Fsp3) is 0.538. The predicted octanol–water partition coefficient (Wildman–Crippen LogP) is 5.26. The average Bonchev–Trinajstić information content (AvgIpc) is 3.38. The molecule has 0 bridgehead atoms. The van der Waals surface area contributed by atoms with Crippen LogP contribution >= 0.6 is 0 Å². The quantitative estimate of drug-likeness (QED) is 0.523. The normalized spacial score (nSPS) is 17.8. The first-order valence-electron chi connectivity index (χ1n) is 12.1. The second kappa shape index (κ2) is 10.8. The number of carbonyl (C=O) groups is 1. The molecule has 0 radical (unpaired) electrons. The molecule has 2 saturated heterocycles. The fourth-order valence-electron chi connectivity index (χ4n) is 4.55.